The lowest BCUT2D eigenvalue weighted by molar-refractivity contribution is -0.111. The average Bonchev–Trinajstić information content (AvgIpc) is 2.53. The van der Waals surface area contributed by atoms with Crippen LogP contribution in [0.1, 0.15) is 80.6 Å². The van der Waals surface area contributed by atoms with Crippen molar-refractivity contribution in [2.45, 2.75) is 80.6 Å². The van der Waals surface area contributed by atoms with Crippen molar-refractivity contribution in [3.05, 3.63) is 70.4 Å². The number of carbonyl (C=O) groups is 1. The van der Waals surface area contributed by atoms with Gasteiger partial charge in [-0.15, -0.1) is 0 Å². The predicted octanol–water partition coefficient (Wildman–Crippen LogP) is 7.83. The van der Waals surface area contributed by atoms with Crippen molar-refractivity contribution in [1.29, 1.82) is 0 Å². The fourth-order valence-electron chi connectivity index (χ4n) is 2.42. The molecule has 0 aromatic carbocycles. The van der Waals surface area contributed by atoms with Crippen LogP contribution in [0.5, 0.6) is 0 Å². The molecular formula is C25H38O. The van der Waals surface area contributed by atoms with E-state index in [1.807, 2.05) is 13.8 Å². The van der Waals surface area contributed by atoms with Crippen LogP contribution in [0.4, 0.5) is 0 Å². The van der Waals surface area contributed by atoms with Crippen LogP contribution in [0, 0.1) is 0 Å². The zero-order chi connectivity index (χ0) is 20.1. The lowest BCUT2D eigenvalue weighted by Gasteiger charge is -2.04. The summed E-state index contributed by atoms with van der Waals surface area (Å²) in [5, 5.41) is 0. The first kappa shape index (κ1) is 24.1. The first-order valence-corrected chi connectivity index (χ1v) is 9.63. The number of hydrogen-bond acceptors (Lipinski definition) is 1. The highest BCUT2D eigenvalue weighted by Gasteiger charge is 2.06. The molecule has 144 valence electrons. The number of carbonyl (C=O) groups excluding carboxylic acids is 1. The predicted molar refractivity (Wildman–Crippen MR) is 117 cm³/mol. The number of ketones is 1. The Bertz CT molecular complexity index is 625. The summed E-state index contributed by atoms with van der Waals surface area (Å²) in [7, 11) is 0. The van der Waals surface area contributed by atoms with Gasteiger partial charge in [0, 0.05) is 5.57 Å². The van der Waals surface area contributed by atoms with E-state index >= 15 is 0 Å². The molecule has 0 aliphatic heterocycles. The van der Waals surface area contributed by atoms with Crippen molar-refractivity contribution in [2.75, 3.05) is 0 Å². The van der Waals surface area contributed by atoms with Gasteiger partial charge in [-0.05, 0) is 92.2 Å². The summed E-state index contributed by atoms with van der Waals surface area (Å²) in [5.74, 6) is 0.0257. The van der Waals surface area contributed by atoms with E-state index in [1.54, 1.807) is 6.08 Å². The first-order valence-electron chi connectivity index (χ1n) is 9.63. The van der Waals surface area contributed by atoms with Gasteiger partial charge in [-0.25, -0.2) is 0 Å². The van der Waals surface area contributed by atoms with Crippen molar-refractivity contribution < 1.29 is 4.79 Å². The van der Waals surface area contributed by atoms with Crippen molar-refractivity contribution in [1.82, 2.24) is 0 Å². The van der Waals surface area contributed by atoms with Gasteiger partial charge in [-0.3, -0.25) is 4.79 Å². The van der Waals surface area contributed by atoms with Crippen molar-refractivity contribution in [3.63, 3.8) is 0 Å². The smallest absolute Gasteiger partial charge is 0.185 e. The molecule has 0 bridgehead atoms. The maximum atomic E-state index is 12.3. The maximum absolute atomic E-state index is 12.3. The first-order chi connectivity index (χ1) is 12.1. The van der Waals surface area contributed by atoms with E-state index in [1.165, 1.54) is 16.7 Å². The van der Waals surface area contributed by atoms with Gasteiger partial charge < -0.3 is 0 Å². The minimum atomic E-state index is 0.0257. The monoisotopic (exact) mass is 354 g/mol. The molecule has 0 aromatic heterocycles. The lowest BCUT2D eigenvalue weighted by atomic mass is 10.0. The molecule has 0 aromatic rings. The highest BCUT2D eigenvalue weighted by molar-refractivity contribution is 6.06. The molecule has 0 aliphatic carbocycles. The van der Waals surface area contributed by atoms with E-state index < -0.39 is 0 Å². The summed E-state index contributed by atoms with van der Waals surface area (Å²) >= 11 is 0. The fourth-order valence-corrected chi connectivity index (χ4v) is 2.42. The van der Waals surface area contributed by atoms with E-state index in [-0.39, 0.29) is 5.78 Å². The molecule has 0 N–H and O–H groups in total. The maximum Gasteiger partial charge on any atom is 0.185 e. The molecule has 0 amide bonds. The zero-order valence-corrected chi connectivity index (χ0v) is 18.0. The molecule has 0 atom stereocenters. The van der Waals surface area contributed by atoms with Crippen LogP contribution in [0.25, 0.3) is 0 Å². The SMILES string of the molecule is C=C(C(=O)/C=C(\C)CCC=C(C)C)/C(C)=C/C/C=C(\C)CCC=C(C)C. The Hall–Kier alpha value is -1.89. The van der Waals surface area contributed by atoms with E-state index in [0.29, 0.717) is 5.57 Å². The van der Waals surface area contributed by atoms with Crippen molar-refractivity contribution in [2.24, 2.45) is 0 Å². The van der Waals surface area contributed by atoms with Gasteiger partial charge in [-0.1, -0.05) is 53.2 Å². The Balaban J connectivity index is 4.59. The summed E-state index contributed by atoms with van der Waals surface area (Å²) < 4.78 is 0. The average molecular weight is 355 g/mol. The normalized spacial score (nSPS) is 12.7. The van der Waals surface area contributed by atoms with Crippen molar-refractivity contribution >= 4 is 5.78 Å². The van der Waals surface area contributed by atoms with Crippen LogP contribution >= 0.6 is 0 Å². The molecule has 0 unspecified atom stereocenters. The van der Waals surface area contributed by atoms with Crippen molar-refractivity contribution in [3.8, 4) is 0 Å². The summed E-state index contributed by atoms with van der Waals surface area (Å²) in [6.07, 6.45) is 15.5. The van der Waals surface area contributed by atoms with Gasteiger partial charge in [0.25, 0.3) is 0 Å². The highest BCUT2D eigenvalue weighted by Crippen LogP contribution is 2.15. The van der Waals surface area contributed by atoms with Gasteiger partial charge in [0.2, 0.25) is 0 Å². The molecule has 0 fully saturated rings. The van der Waals surface area contributed by atoms with Crippen LogP contribution < -0.4 is 0 Å². The summed E-state index contributed by atoms with van der Waals surface area (Å²) in [6, 6.07) is 0. The Morgan fingerprint density at radius 2 is 1.23 bits per heavy atom. The van der Waals surface area contributed by atoms with Crippen LogP contribution in [0.3, 0.4) is 0 Å². The quantitative estimate of drug-likeness (QED) is 0.210. The molecule has 0 aliphatic rings. The second-order valence-electron chi connectivity index (χ2n) is 7.65. The number of allylic oxidation sites excluding steroid dienone is 11. The van der Waals surface area contributed by atoms with Crippen LogP contribution in [-0.2, 0) is 4.79 Å². The van der Waals surface area contributed by atoms with E-state index in [0.717, 1.165) is 43.3 Å². The van der Waals surface area contributed by atoms with Gasteiger partial charge in [-0.2, -0.15) is 0 Å². The standard InChI is InChI=1S/C25H38O/c1-19(2)12-9-14-21(5)15-11-17-23(7)24(8)25(26)18-22(6)16-10-13-20(3)4/h12-13,15,17-18H,8-11,14,16H2,1-7H3/b21-15+,22-18+,23-17+. The summed E-state index contributed by atoms with van der Waals surface area (Å²) in [5.41, 5.74) is 6.75. The van der Waals surface area contributed by atoms with Crippen LogP contribution in [0.2, 0.25) is 0 Å². The van der Waals surface area contributed by atoms with Gasteiger partial charge in [0.05, 0.1) is 0 Å². The minimum Gasteiger partial charge on any atom is -0.289 e. The Labute approximate surface area is 162 Å². The molecule has 0 saturated heterocycles. The second kappa shape index (κ2) is 13.3. The van der Waals surface area contributed by atoms with Crippen LogP contribution in [-0.4, -0.2) is 5.78 Å². The minimum absolute atomic E-state index is 0.0257. The third-order valence-electron chi connectivity index (χ3n) is 4.22. The molecule has 0 spiro atoms. The van der Waals surface area contributed by atoms with Crippen LogP contribution in [0.15, 0.2) is 70.4 Å². The molecule has 1 heteroatoms. The second-order valence-corrected chi connectivity index (χ2v) is 7.65. The molecule has 0 rings (SSSR count). The van der Waals surface area contributed by atoms with E-state index in [9.17, 15) is 4.79 Å². The number of rotatable bonds is 11. The third kappa shape index (κ3) is 12.5. The Kier molecular flexibility index (Phi) is 12.4. The van der Waals surface area contributed by atoms with Gasteiger partial charge in [0.15, 0.2) is 5.78 Å². The molecule has 0 saturated carbocycles. The summed E-state index contributed by atoms with van der Waals surface area (Å²) in [6.45, 7) is 18.6. The highest BCUT2D eigenvalue weighted by atomic mass is 16.1. The third-order valence-corrected chi connectivity index (χ3v) is 4.22. The zero-order valence-electron chi connectivity index (χ0n) is 18.0. The largest absolute Gasteiger partial charge is 0.289 e. The molecule has 0 radical (unpaired) electrons. The summed E-state index contributed by atoms with van der Waals surface area (Å²) in [4.78, 5) is 12.3. The molecular weight excluding hydrogens is 316 g/mol. The topological polar surface area (TPSA) is 17.1 Å². The molecule has 1 nitrogen and oxygen atoms in total. The lowest BCUT2D eigenvalue weighted by Crippen LogP contribution is -2.00. The van der Waals surface area contributed by atoms with Gasteiger partial charge >= 0.3 is 0 Å². The van der Waals surface area contributed by atoms with E-state index in [4.69, 9.17) is 0 Å². The Morgan fingerprint density at radius 3 is 1.73 bits per heavy atom. The molecule has 26 heavy (non-hydrogen) atoms. The Morgan fingerprint density at radius 1 is 0.731 bits per heavy atom. The number of hydrogen-bond donors (Lipinski definition) is 0. The fraction of sp³-hybridized carbons (Fsp3) is 0.480. The molecule has 0 heterocycles. The van der Waals surface area contributed by atoms with Gasteiger partial charge in [0.1, 0.15) is 0 Å². The van der Waals surface area contributed by atoms with E-state index in [2.05, 4.69) is 65.5 Å².